The third kappa shape index (κ3) is 6.17. The number of rotatable bonds is 10. The number of nitrogens with zero attached hydrogens (tertiary/aromatic N) is 4. The van der Waals surface area contributed by atoms with Gasteiger partial charge in [0.1, 0.15) is 0 Å². The number of hydrogen-bond donors (Lipinski definition) is 0. The fraction of sp³-hybridized carbons (Fsp3) is 0.355. The molecule has 2 aromatic carbocycles. The van der Waals surface area contributed by atoms with E-state index in [1.807, 2.05) is 73.7 Å². The third-order valence-corrected chi connectivity index (χ3v) is 7.28. The average Bonchev–Trinajstić information content (AvgIpc) is 3.43. The van der Waals surface area contributed by atoms with Crippen molar-refractivity contribution < 1.29 is 9.32 Å². The van der Waals surface area contributed by atoms with Crippen LogP contribution in [-0.2, 0) is 17.8 Å². The van der Waals surface area contributed by atoms with Crippen molar-refractivity contribution in [2.75, 3.05) is 19.6 Å². The zero-order chi connectivity index (χ0) is 26.3. The van der Waals surface area contributed by atoms with Crippen LogP contribution in [0.15, 0.2) is 82.1 Å². The molecule has 1 aliphatic rings. The van der Waals surface area contributed by atoms with Crippen molar-refractivity contribution in [1.82, 2.24) is 19.6 Å². The summed E-state index contributed by atoms with van der Waals surface area (Å²) in [4.78, 5) is 33.9. The first kappa shape index (κ1) is 25.8. The number of Topliss-reactive ketones (excluding diaryl/α,β-unsaturated/α-hetero) is 1. The van der Waals surface area contributed by atoms with Crippen molar-refractivity contribution in [3.8, 4) is 22.6 Å². The minimum atomic E-state index is -0.296. The standard InChI is InChI=1S/C31H34N4O3/c1-23(24-11-5-2-6-12-24)21-26(36)22-35-28(25-13-7-3-8-14-25)16-15-27(31(35)37)30-32-29(38-33-30)17-20-34-18-9-4-10-19-34/h2-3,5-8,11-16,23H,4,9-10,17-22H2,1H3. The molecule has 1 saturated heterocycles. The second kappa shape index (κ2) is 12.1. The van der Waals surface area contributed by atoms with E-state index in [-0.39, 0.29) is 29.6 Å². The fourth-order valence-corrected chi connectivity index (χ4v) is 5.15. The minimum absolute atomic E-state index is 0.00637. The Morgan fingerprint density at radius 1 is 0.947 bits per heavy atom. The maximum atomic E-state index is 13.8. The monoisotopic (exact) mass is 510 g/mol. The van der Waals surface area contributed by atoms with Gasteiger partial charge in [-0.05, 0) is 55.1 Å². The molecule has 4 aromatic rings. The molecule has 0 radical (unpaired) electrons. The molecule has 2 aromatic heterocycles. The zero-order valence-corrected chi connectivity index (χ0v) is 21.9. The average molecular weight is 511 g/mol. The van der Waals surface area contributed by atoms with Crippen molar-refractivity contribution in [3.05, 3.63) is 94.6 Å². The molecule has 0 saturated carbocycles. The van der Waals surface area contributed by atoms with Gasteiger partial charge in [0.15, 0.2) is 5.78 Å². The van der Waals surface area contributed by atoms with Gasteiger partial charge in [0.2, 0.25) is 11.7 Å². The predicted octanol–water partition coefficient (Wildman–Crippen LogP) is 5.36. The Morgan fingerprint density at radius 2 is 1.66 bits per heavy atom. The molecule has 0 bridgehead atoms. The maximum Gasteiger partial charge on any atom is 0.262 e. The summed E-state index contributed by atoms with van der Waals surface area (Å²) in [5, 5.41) is 4.12. The molecule has 0 N–H and O–H groups in total. The highest BCUT2D eigenvalue weighted by molar-refractivity contribution is 5.80. The first-order valence-electron chi connectivity index (χ1n) is 13.5. The Hall–Kier alpha value is -3.84. The summed E-state index contributed by atoms with van der Waals surface area (Å²) < 4.78 is 7.05. The number of ketones is 1. The molecule has 5 rings (SSSR count). The summed E-state index contributed by atoms with van der Waals surface area (Å²) in [6.45, 7) is 5.09. The molecule has 7 nitrogen and oxygen atoms in total. The molecular formula is C31H34N4O3. The highest BCUT2D eigenvalue weighted by atomic mass is 16.5. The Balaban J connectivity index is 1.39. The first-order valence-corrected chi connectivity index (χ1v) is 13.5. The Kier molecular flexibility index (Phi) is 8.24. The molecule has 0 aliphatic carbocycles. The molecular weight excluding hydrogens is 476 g/mol. The summed E-state index contributed by atoms with van der Waals surface area (Å²) in [5.41, 5.74) is 2.70. The molecule has 196 valence electrons. The highest BCUT2D eigenvalue weighted by Gasteiger charge is 2.20. The molecule has 3 heterocycles. The van der Waals surface area contributed by atoms with E-state index in [1.54, 1.807) is 10.6 Å². The molecule has 1 unspecified atom stereocenters. The maximum absolute atomic E-state index is 13.8. The molecule has 1 atom stereocenters. The van der Waals surface area contributed by atoms with Gasteiger partial charge < -0.3 is 14.0 Å². The van der Waals surface area contributed by atoms with Crippen LogP contribution < -0.4 is 5.56 Å². The van der Waals surface area contributed by atoms with Gasteiger partial charge >= 0.3 is 0 Å². The van der Waals surface area contributed by atoms with Crippen LogP contribution in [0.5, 0.6) is 0 Å². The lowest BCUT2D eigenvalue weighted by atomic mass is 9.95. The van der Waals surface area contributed by atoms with Crippen molar-refractivity contribution >= 4 is 5.78 Å². The number of piperidine rings is 1. The molecule has 1 fully saturated rings. The zero-order valence-electron chi connectivity index (χ0n) is 21.9. The number of carbonyl (C=O) groups excluding carboxylic acids is 1. The lowest BCUT2D eigenvalue weighted by molar-refractivity contribution is -0.119. The number of carbonyl (C=O) groups is 1. The topological polar surface area (TPSA) is 81.2 Å². The van der Waals surface area contributed by atoms with Crippen LogP contribution in [0.1, 0.15) is 50.0 Å². The first-order chi connectivity index (χ1) is 18.6. The largest absolute Gasteiger partial charge is 0.339 e. The number of likely N-dealkylation sites (tertiary alicyclic amines) is 1. The summed E-state index contributed by atoms with van der Waals surface area (Å²) >= 11 is 0. The second-order valence-corrected chi connectivity index (χ2v) is 10.1. The number of pyridine rings is 1. The van der Waals surface area contributed by atoms with Gasteiger partial charge in [0.25, 0.3) is 5.56 Å². The Morgan fingerprint density at radius 3 is 2.39 bits per heavy atom. The lowest BCUT2D eigenvalue weighted by Gasteiger charge is -2.25. The van der Waals surface area contributed by atoms with Gasteiger partial charge in [-0.1, -0.05) is 79.2 Å². The van der Waals surface area contributed by atoms with Gasteiger partial charge in [0.05, 0.1) is 17.8 Å². The Bertz CT molecular complexity index is 1410. The van der Waals surface area contributed by atoms with Crippen LogP contribution in [0, 0.1) is 0 Å². The number of benzene rings is 2. The van der Waals surface area contributed by atoms with Crippen LogP contribution in [-0.4, -0.2) is 45.0 Å². The van der Waals surface area contributed by atoms with Crippen LogP contribution in [0.4, 0.5) is 0 Å². The summed E-state index contributed by atoms with van der Waals surface area (Å²) in [6, 6.07) is 23.2. The van der Waals surface area contributed by atoms with Crippen molar-refractivity contribution in [1.29, 1.82) is 0 Å². The van der Waals surface area contributed by atoms with Gasteiger partial charge in [-0.25, -0.2) is 0 Å². The third-order valence-electron chi connectivity index (χ3n) is 7.28. The number of aromatic nitrogens is 3. The summed E-state index contributed by atoms with van der Waals surface area (Å²) in [6.07, 6.45) is 4.74. The molecule has 7 heteroatoms. The van der Waals surface area contributed by atoms with Gasteiger partial charge in [-0.15, -0.1) is 0 Å². The molecule has 38 heavy (non-hydrogen) atoms. The van der Waals surface area contributed by atoms with Gasteiger partial charge in [-0.3, -0.25) is 9.59 Å². The van der Waals surface area contributed by atoms with Crippen LogP contribution in [0.2, 0.25) is 0 Å². The fourth-order valence-electron chi connectivity index (χ4n) is 5.15. The van der Waals surface area contributed by atoms with E-state index in [4.69, 9.17) is 4.52 Å². The minimum Gasteiger partial charge on any atom is -0.339 e. The molecule has 0 amide bonds. The van der Waals surface area contributed by atoms with Gasteiger partial charge in [-0.2, -0.15) is 4.98 Å². The predicted molar refractivity (Wildman–Crippen MR) is 148 cm³/mol. The lowest BCUT2D eigenvalue weighted by Crippen LogP contribution is -2.31. The van der Waals surface area contributed by atoms with Crippen molar-refractivity contribution in [2.24, 2.45) is 0 Å². The second-order valence-electron chi connectivity index (χ2n) is 10.1. The van der Waals surface area contributed by atoms with Crippen LogP contribution in [0.3, 0.4) is 0 Å². The number of hydrogen-bond acceptors (Lipinski definition) is 6. The Labute approximate surface area is 223 Å². The SMILES string of the molecule is CC(CC(=O)Cn1c(-c2ccccc2)ccc(-c2noc(CCN3CCCCC3)n2)c1=O)c1ccccc1. The van der Waals surface area contributed by atoms with Crippen LogP contribution >= 0.6 is 0 Å². The highest BCUT2D eigenvalue weighted by Crippen LogP contribution is 2.23. The van der Waals surface area contributed by atoms with E-state index in [0.717, 1.165) is 30.8 Å². The quantitative estimate of drug-likeness (QED) is 0.286. The van der Waals surface area contributed by atoms with Gasteiger partial charge in [0, 0.05) is 19.4 Å². The summed E-state index contributed by atoms with van der Waals surface area (Å²) in [7, 11) is 0. The van der Waals surface area contributed by atoms with E-state index in [9.17, 15) is 9.59 Å². The summed E-state index contributed by atoms with van der Waals surface area (Å²) in [5.74, 6) is 0.842. The van der Waals surface area contributed by atoms with Crippen LogP contribution in [0.25, 0.3) is 22.6 Å². The normalized spacial score (nSPS) is 14.9. The van der Waals surface area contributed by atoms with E-state index in [0.29, 0.717) is 30.0 Å². The smallest absolute Gasteiger partial charge is 0.262 e. The van der Waals surface area contributed by atoms with E-state index in [2.05, 4.69) is 15.0 Å². The molecule has 1 aliphatic heterocycles. The van der Waals surface area contributed by atoms with E-state index in [1.165, 1.54) is 19.3 Å². The molecule has 0 spiro atoms. The van der Waals surface area contributed by atoms with E-state index >= 15 is 0 Å². The van der Waals surface area contributed by atoms with Crippen molar-refractivity contribution in [3.63, 3.8) is 0 Å². The van der Waals surface area contributed by atoms with E-state index < -0.39 is 0 Å². The van der Waals surface area contributed by atoms with Crippen molar-refractivity contribution in [2.45, 2.75) is 51.5 Å².